The van der Waals surface area contributed by atoms with Gasteiger partial charge in [-0.1, -0.05) is 48.0 Å². The Morgan fingerprint density at radius 1 is 1.07 bits per heavy atom. The number of imidazole rings is 1. The fourth-order valence-electron chi connectivity index (χ4n) is 2.73. The van der Waals surface area contributed by atoms with Gasteiger partial charge < -0.3 is 9.72 Å². The number of thioether (sulfide) groups is 1. The van der Waals surface area contributed by atoms with Gasteiger partial charge in [-0.15, -0.1) is 0 Å². The quantitative estimate of drug-likeness (QED) is 0.289. The van der Waals surface area contributed by atoms with Crippen LogP contribution in [0.1, 0.15) is 11.1 Å². The van der Waals surface area contributed by atoms with Crippen LogP contribution in [-0.4, -0.2) is 9.97 Å². The number of aromatic amines is 1. The minimum atomic E-state index is 0.470. The van der Waals surface area contributed by atoms with Gasteiger partial charge in [-0.25, -0.2) is 4.98 Å². The zero-order chi connectivity index (χ0) is 20.1. The number of nitriles is 1. The van der Waals surface area contributed by atoms with Crippen LogP contribution in [0.2, 0.25) is 5.02 Å². The number of benzene rings is 3. The molecule has 29 heavy (non-hydrogen) atoms. The fourth-order valence-corrected chi connectivity index (χ4v) is 3.61. The summed E-state index contributed by atoms with van der Waals surface area (Å²) >= 11 is 7.21. The van der Waals surface area contributed by atoms with Crippen LogP contribution in [0.5, 0.6) is 5.75 Å². The Morgan fingerprint density at radius 3 is 2.55 bits per heavy atom. The largest absolute Gasteiger partial charge is 0.489 e. The van der Waals surface area contributed by atoms with Crippen molar-refractivity contribution in [1.82, 2.24) is 9.97 Å². The lowest BCUT2D eigenvalue weighted by atomic mass is 10.2. The summed E-state index contributed by atoms with van der Waals surface area (Å²) in [4.78, 5) is 8.28. The van der Waals surface area contributed by atoms with Gasteiger partial charge in [0.25, 0.3) is 0 Å². The lowest BCUT2D eigenvalue weighted by molar-refractivity contribution is 0.306. The molecule has 1 heterocycles. The summed E-state index contributed by atoms with van der Waals surface area (Å²) in [5, 5.41) is 10.9. The van der Waals surface area contributed by atoms with E-state index in [9.17, 15) is 5.26 Å². The van der Waals surface area contributed by atoms with Gasteiger partial charge in [0.15, 0.2) is 5.16 Å². The molecule has 0 aliphatic rings. The number of allylic oxidation sites excluding steroid dienone is 1. The molecule has 0 fully saturated rings. The number of aromatic nitrogens is 2. The summed E-state index contributed by atoms with van der Waals surface area (Å²) in [6.45, 7) is 0.470. The number of halogens is 1. The summed E-state index contributed by atoms with van der Waals surface area (Å²) < 4.78 is 5.80. The lowest BCUT2D eigenvalue weighted by Gasteiger charge is -2.07. The molecule has 4 rings (SSSR count). The molecule has 3 aromatic carbocycles. The van der Waals surface area contributed by atoms with Gasteiger partial charge in [0.1, 0.15) is 18.4 Å². The smallest absolute Gasteiger partial charge is 0.171 e. The first kappa shape index (κ1) is 19.1. The number of ether oxygens (including phenoxy) is 1. The summed E-state index contributed by atoms with van der Waals surface area (Å²) in [6.07, 6.45) is 1.83. The first-order chi connectivity index (χ1) is 14.2. The number of nitrogens with one attached hydrogen (secondary N) is 1. The van der Waals surface area contributed by atoms with Crippen molar-refractivity contribution >= 4 is 40.5 Å². The van der Waals surface area contributed by atoms with E-state index in [2.05, 4.69) is 16.0 Å². The van der Waals surface area contributed by atoms with Crippen molar-refractivity contribution in [2.45, 2.75) is 11.8 Å². The molecule has 0 spiro atoms. The highest BCUT2D eigenvalue weighted by Crippen LogP contribution is 2.28. The maximum absolute atomic E-state index is 9.49. The first-order valence-electron chi connectivity index (χ1n) is 8.91. The molecular formula is C23H16ClN3OS. The highest BCUT2D eigenvalue weighted by Gasteiger charge is 2.06. The van der Waals surface area contributed by atoms with E-state index in [0.29, 0.717) is 21.7 Å². The maximum Gasteiger partial charge on any atom is 0.171 e. The standard InChI is InChI=1S/C23H16ClN3OS/c24-18-9-5-17(6-10-18)15-28-19-11-7-16(8-12-19)13-20(14-25)29-23-26-21-3-1-2-4-22(21)27-23/h1-13H,15H2,(H,26,27)/b20-13+. The van der Waals surface area contributed by atoms with Crippen LogP contribution in [0.15, 0.2) is 82.9 Å². The second-order valence-electron chi connectivity index (χ2n) is 6.27. The van der Waals surface area contributed by atoms with Gasteiger partial charge in [-0.05, 0) is 65.4 Å². The van der Waals surface area contributed by atoms with E-state index in [1.807, 2.05) is 78.9 Å². The molecule has 0 atom stereocenters. The highest BCUT2D eigenvalue weighted by molar-refractivity contribution is 8.03. The Kier molecular flexibility index (Phi) is 5.85. The summed E-state index contributed by atoms with van der Waals surface area (Å²) in [5.41, 5.74) is 3.81. The Hall–Kier alpha value is -3.20. The fraction of sp³-hybridized carbons (Fsp3) is 0.0435. The van der Waals surface area contributed by atoms with E-state index in [1.54, 1.807) is 0 Å². The van der Waals surface area contributed by atoms with E-state index in [4.69, 9.17) is 16.3 Å². The molecule has 0 bridgehead atoms. The van der Waals surface area contributed by atoms with E-state index < -0.39 is 0 Å². The van der Waals surface area contributed by atoms with Gasteiger partial charge in [0.2, 0.25) is 0 Å². The SMILES string of the molecule is N#C/C(=C\c1ccc(OCc2ccc(Cl)cc2)cc1)Sc1nc2ccccc2[nH]1. The van der Waals surface area contributed by atoms with Gasteiger partial charge in [0, 0.05) is 5.02 Å². The van der Waals surface area contributed by atoms with Gasteiger partial charge in [-0.2, -0.15) is 5.26 Å². The molecule has 0 aliphatic heterocycles. The minimum absolute atomic E-state index is 0.470. The third-order valence-corrected chi connectivity index (χ3v) is 5.25. The van der Waals surface area contributed by atoms with E-state index in [-0.39, 0.29) is 0 Å². The maximum atomic E-state index is 9.49. The Bertz CT molecular complexity index is 1160. The number of fused-ring (bicyclic) bond motifs is 1. The van der Waals surface area contributed by atoms with Crippen LogP contribution in [0.25, 0.3) is 17.1 Å². The average molecular weight is 418 g/mol. The zero-order valence-electron chi connectivity index (χ0n) is 15.3. The monoisotopic (exact) mass is 417 g/mol. The van der Waals surface area contributed by atoms with Crippen LogP contribution in [0.4, 0.5) is 0 Å². The van der Waals surface area contributed by atoms with Crippen molar-refractivity contribution in [1.29, 1.82) is 5.26 Å². The van der Waals surface area contributed by atoms with Crippen LogP contribution < -0.4 is 4.74 Å². The Balaban J connectivity index is 1.42. The van der Waals surface area contributed by atoms with Gasteiger partial charge in [-0.3, -0.25) is 0 Å². The predicted molar refractivity (Wildman–Crippen MR) is 118 cm³/mol. The van der Waals surface area contributed by atoms with Crippen molar-refractivity contribution in [3.63, 3.8) is 0 Å². The van der Waals surface area contributed by atoms with Crippen LogP contribution in [0, 0.1) is 11.3 Å². The molecule has 1 N–H and O–H groups in total. The molecule has 0 saturated carbocycles. The number of hydrogen-bond acceptors (Lipinski definition) is 4. The summed E-state index contributed by atoms with van der Waals surface area (Å²) in [7, 11) is 0. The van der Waals surface area contributed by atoms with E-state index in [0.717, 1.165) is 27.9 Å². The van der Waals surface area contributed by atoms with E-state index >= 15 is 0 Å². The molecule has 0 saturated heterocycles. The molecular weight excluding hydrogens is 402 g/mol. The lowest BCUT2D eigenvalue weighted by Crippen LogP contribution is -1.94. The molecule has 0 radical (unpaired) electrons. The van der Waals surface area contributed by atoms with Gasteiger partial charge in [0.05, 0.1) is 15.9 Å². The molecule has 142 valence electrons. The number of H-pyrrole nitrogens is 1. The molecule has 4 nitrogen and oxygen atoms in total. The van der Waals surface area contributed by atoms with Crippen molar-refractivity contribution in [2.75, 3.05) is 0 Å². The number of hydrogen-bond donors (Lipinski definition) is 1. The Labute approximate surface area is 177 Å². The van der Waals surface area contributed by atoms with Crippen molar-refractivity contribution < 1.29 is 4.74 Å². The Morgan fingerprint density at radius 2 is 1.83 bits per heavy atom. The van der Waals surface area contributed by atoms with Crippen molar-refractivity contribution in [2.24, 2.45) is 0 Å². The third kappa shape index (κ3) is 5.00. The molecule has 0 aliphatic carbocycles. The van der Waals surface area contributed by atoms with Gasteiger partial charge >= 0.3 is 0 Å². The summed E-state index contributed by atoms with van der Waals surface area (Å²) in [6, 6.07) is 25.2. The van der Waals surface area contributed by atoms with Crippen LogP contribution in [0.3, 0.4) is 0 Å². The van der Waals surface area contributed by atoms with Crippen LogP contribution in [-0.2, 0) is 6.61 Å². The minimum Gasteiger partial charge on any atom is -0.489 e. The topological polar surface area (TPSA) is 61.7 Å². The van der Waals surface area contributed by atoms with Crippen LogP contribution >= 0.6 is 23.4 Å². The number of nitrogens with zero attached hydrogens (tertiary/aromatic N) is 2. The molecule has 6 heteroatoms. The predicted octanol–water partition coefficient (Wildman–Crippen LogP) is 6.45. The van der Waals surface area contributed by atoms with Crippen molar-refractivity contribution in [3.8, 4) is 11.8 Å². The zero-order valence-corrected chi connectivity index (χ0v) is 16.9. The second-order valence-corrected chi connectivity index (χ2v) is 7.73. The van der Waals surface area contributed by atoms with E-state index in [1.165, 1.54) is 11.8 Å². The third-order valence-electron chi connectivity index (χ3n) is 4.18. The molecule has 0 unspecified atom stereocenters. The number of rotatable bonds is 6. The summed E-state index contributed by atoms with van der Waals surface area (Å²) in [5.74, 6) is 0.764. The average Bonchev–Trinajstić information content (AvgIpc) is 3.16. The molecule has 0 amide bonds. The van der Waals surface area contributed by atoms with Crippen molar-refractivity contribution in [3.05, 3.63) is 93.9 Å². The highest BCUT2D eigenvalue weighted by atomic mass is 35.5. The number of para-hydroxylation sites is 2. The molecule has 1 aromatic heterocycles. The normalized spacial score (nSPS) is 11.4. The molecule has 4 aromatic rings. The first-order valence-corrected chi connectivity index (χ1v) is 10.1. The second kappa shape index (κ2) is 8.87.